The Bertz CT molecular complexity index is 933. The molecule has 0 aromatic heterocycles. The van der Waals surface area contributed by atoms with E-state index in [0.29, 0.717) is 17.9 Å². The van der Waals surface area contributed by atoms with Gasteiger partial charge in [0.25, 0.3) is 0 Å². The van der Waals surface area contributed by atoms with Crippen LogP contribution in [0.1, 0.15) is 19.4 Å². The van der Waals surface area contributed by atoms with E-state index >= 15 is 0 Å². The van der Waals surface area contributed by atoms with Crippen LogP contribution >= 0.6 is 0 Å². The van der Waals surface area contributed by atoms with E-state index in [4.69, 9.17) is 14.2 Å². The number of sulfonamides is 1. The van der Waals surface area contributed by atoms with E-state index < -0.39 is 20.7 Å². The first-order chi connectivity index (χ1) is 14.4. The highest BCUT2D eigenvalue weighted by Gasteiger charge is 2.23. The number of methoxy groups -OCH3 is 2. The normalized spacial score (nSPS) is 11.5. The Morgan fingerprint density at radius 1 is 1.00 bits per heavy atom. The molecule has 0 spiro atoms. The Kier molecular flexibility index (Phi) is 8.88. The van der Waals surface area contributed by atoms with Crippen molar-refractivity contribution in [2.45, 2.75) is 25.3 Å². The number of nitrogens with one attached hydrogen (secondary N) is 1. The zero-order valence-electron chi connectivity index (χ0n) is 17.8. The third-order valence-corrected chi connectivity index (χ3v) is 6.13. The number of ether oxygens (including phenoxy) is 3. The predicted octanol–water partition coefficient (Wildman–Crippen LogP) is 3.04. The number of para-hydroxylation sites is 1. The standard InChI is InChI=1S/C21H29FN2O5S/c1-5-24(6-2)11-12-29-18-10-8-7-9-16(18)15-23-30(25,26)21-14-20(28-4)19(27-3)13-17(21)22/h7-10,13-14,23H,5-6,11-12,15H2,1-4H3. The molecule has 2 aromatic carbocycles. The van der Waals surface area contributed by atoms with Crippen molar-refractivity contribution in [3.05, 3.63) is 47.8 Å². The number of likely N-dealkylation sites (N-methyl/N-ethyl adjacent to an activating group) is 1. The van der Waals surface area contributed by atoms with Gasteiger partial charge >= 0.3 is 0 Å². The van der Waals surface area contributed by atoms with Crippen LogP contribution in [-0.4, -0.2) is 53.8 Å². The molecule has 0 saturated heterocycles. The fourth-order valence-corrected chi connectivity index (χ4v) is 3.99. The summed E-state index contributed by atoms with van der Waals surface area (Å²) in [6.07, 6.45) is 0. The molecule has 0 amide bonds. The summed E-state index contributed by atoms with van der Waals surface area (Å²) in [6, 6.07) is 9.24. The monoisotopic (exact) mass is 440 g/mol. The lowest BCUT2D eigenvalue weighted by molar-refractivity contribution is 0.221. The van der Waals surface area contributed by atoms with Crippen molar-refractivity contribution in [2.75, 3.05) is 40.5 Å². The van der Waals surface area contributed by atoms with Crippen LogP contribution in [0, 0.1) is 5.82 Å². The minimum atomic E-state index is -4.13. The van der Waals surface area contributed by atoms with Crippen molar-refractivity contribution in [3.63, 3.8) is 0 Å². The zero-order chi connectivity index (χ0) is 22.1. The summed E-state index contributed by atoms with van der Waals surface area (Å²) in [6.45, 7) is 7.23. The SMILES string of the molecule is CCN(CC)CCOc1ccccc1CNS(=O)(=O)c1cc(OC)c(OC)cc1F. The average molecular weight is 441 g/mol. The Morgan fingerprint density at radius 2 is 1.63 bits per heavy atom. The molecule has 30 heavy (non-hydrogen) atoms. The topological polar surface area (TPSA) is 77.1 Å². The second-order valence-electron chi connectivity index (χ2n) is 6.45. The summed E-state index contributed by atoms with van der Waals surface area (Å²) in [5.41, 5.74) is 0.654. The predicted molar refractivity (Wildman–Crippen MR) is 113 cm³/mol. The van der Waals surface area contributed by atoms with Gasteiger partial charge in [-0.05, 0) is 19.2 Å². The Labute approximate surface area is 177 Å². The van der Waals surface area contributed by atoms with Crippen molar-refractivity contribution in [3.8, 4) is 17.2 Å². The summed E-state index contributed by atoms with van der Waals surface area (Å²) in [5, 5.41) is 0. The van der Waals surface area contributed by atoms with E-state index in [-0.39, 0.29) is 18.0 Å². The molecule has 0 saturated carbocycles. The minimum absolute atomic E-state index is 0.0441. The smallest absolute Gasteiger partial charge is 0.243 e. The summed E-state index contributed by atoms with van der Waals surface area (Å²) >= 11 is 0. The fraction of sp³-hybridized carbons (Fsp3) is 0.429. The maximum atomic E-state index is 14.4. The molecule has 0 bridgehead atoms. The Morgan fingerprint density at radius 3 is 2.27 bits per heavy atom. The maximum Gasteiger partial charge on any atom is 0.243 e. The van der Waals surface area contributed by atoms with Gasteiger partial charge in [0, 0.05) is 30.8 Å². The largest absolute Gasteiger partial charge is 0.493 e. The molecule has 0 aliphatic heterocycles. The Hall–Kier alpha value is -2.36. The van der Waals surface area contributed by atoms with E-state index in [0.717, 1.165) is 31.8 Å². The average Bonchev–Trinajstić information content (AvgIpc) is 2.75. The molecular formula is C21H29FN2O5S. The van der Waals surface area contributed by atoms with Crippen LogP contribution in [0.25, 0.3) is 0 Å². The first kappa shape index (κ1) is 23.9. The van der Waals surface area contributed by atoms with Crippen LogP contribution in [0.15, 0.2) is 41.3 Å². The van der Waals surface area contributed by atoms with Gasteiger partial charge in [-0.2, -0.15) is 0 Å². The first-order valence-electron chi connectivity index (χ1n) is 9.70. The summed E-state index contributed by atoms with van der Waals surface area (Å²) in [4.78, 5) is 1.71. The number of rotatable bonds is 12. The van der Waals surface area contributed by atoms with Gasteiger partial charge in [0.2, 0.25) is 10.0 Å². The molecule has 0 unspecified atom stereocenters. The van der Waals surface area contributed by atoms with Crippen molar-refractivity contribution in [1.29, 1.82) is 0 Å². The second kappa shape index (κ2) is 11.1. The van der Waals surface area contributed by atoms with Crippen LogP contribution in [0.3, 0.4) is 0 Å². The van der Waals surface area contributed by atoms with E-state index in [2.05, 4.69) is 23.5 Å². The van der Waals surface area contributed by atoms with E-state index in [1.807, 2.05) is 6.07 Å². The van der Waals surface area contributed by atoms with Crippen molar-refractivity contribution in [1.82, 2.24) is 9.62 Å². The molecule has 0 atom stereocenters. The molecule has 2 rings (SSSR count). The van der Waals surface area contributed by atoms with Gasteiger partial charge < -0.3 is 19.1 Å². The van der Waals surface area contributed by atoms with Gasteiger partial charge in [-0.25, -0.2) is 17.5 Å². The molecule has 0 radical (unpaired) electrons. The molecule has 1 N–H and O–H groups in total. The van der Waals surface area contributed by atoms with Crippen LogP contribution in [-0.2, 0) is 16.6 Å². The van der Waals surface area contributed by atoms with Crippen LogP contribution in [0.4, 0.5) is 4.39 Å². The fourth-order valence-electron chi connectivity index (χ4n) is 2.91. The molecule has 7 nitrogen and oxygen atoms in total. The van der Waals surface area contributed by atoms with Crippen molar-refractivity contribution in [2.24, 2.45) is 0 Å². The molecule has 0 aliphatic rings. The van der Waals surface area contributed by atoms with Gasteiger partial charge in [-0.3, -0.25) is 0 Å². The highest BCUT2D eigenvalue weighted by atomic mass is 32.2. The lowest BCUT2D eigenvalue weighted by Crippen LogP contribution is -2.28. The number of halogens is 1. The number of nitrogens with zero attached hydrogens (tertiary/aromatic N) is 1. The van der Waals surface area contributed by atoms with Crippen molar-refractivity contribution >= 4 is 10.0 Å². The number of hydrogen-bond donors (Lipinski definition) is 1. The first-order valence-corrected chi connectivity index (χ1v) is 11.2. The van der Waals surface area contributed by atoms with Gasteiger partial charge in [0.05, 0.1) is 14.2 Å². The van der Waals surface area contributed by atoms with Crippen LogP contribution < -0.4 is 18.9 Å². The lowest BCUT2D eigenvalue weighted by Gasteiger charge is -2.19. The molecule has 2 aromatic rings. The quantitative estimate of drug-likeness (QED) is 0.547. The summed E-state index contributed by atoms with van der Waals surface area (Å²) in [5.74, 6) is -0.107. The van der Waals surface area contributed by atoms with Gasteiger partial charge in [-0.15, -0.1) is 0 Å². The van der Waals surface area contributed by atoms with Gasteiger partial charge in [-0.1, -0.05) is 32.0 Å². The third kappa shape index (κ3) is 6.07. The molecule has 9 heteroatoms. The summed E-state index contributed by atoms with van der Waals surface area (Å²) in [7, 11) is -1.43. The van der Waals surface area contributed by atoms with Crippen LogP contribution in [0.2, 0.25) is 0 Å². The van der Waals surface area contributed by atoms with E-state index in [9.17, 15) is 12.8 Å². The van der Waals surface area contributed by atoms with E-state index in [1.165, 1.54) is 14.2 Å². The molecule has 166 valence electrons. The highest BCUT2D eigenvalue weighted by Crippen LogP contribution is 2.32. The number of hydrogen-bond acceptors (Lipinski definition) is 6. The van der Waals surface area contributed by atoms with Crippen LogP contribution in [0.5, 0.6) is 17.2 Å². The van der Waals surface area contributed by atoms with Crippen molar-refractivity contribution < 1.29 is 27.0 Å². The van der Waals surface area contributed by atoms with Gasteiger partial charge in [0.15, 0.2) is 11.5 Å². The van der Waals surface area contributed by atoms with Gasteiger partial charge in [0.1, 0.15) is 23.1 Å². The molecular weight excluding hydrogens is 411 g/mol. The molecule has 0 fully saturated rings. The van der Waals surface area contributed by atoms with E-state index in [1.54, 1.807) is 18.2 Å². The maximum absolute atomic E-state index is 14.4. The third-order valence-electron chi connectivity index (χ3n) is 4.71. The Balaban J connectivity index is 2.13. The second-order valence-corrected chi connectivity index (χ2v) is 8.18. The highest BCUT2D eigenvalue weighted by molar-refractivity contribution is 7.89. The minimum Gasteiger partial charge on any atom is -0.493 e. The lowest BCUT2D eigenvalue weighted by atomic mass is 10.2. The molecule has 0 heterocycles. The molecule has 0 aliphatic carbocycles. The zero-order valence-corrected chi connectivity index (χ0v) is 18.6. The summed E-state index contributed by atoms with van der Waals surface area (Å²) < 4.78 is 58.1. The number of benzene rings is 2.